The molecule has 2 N–H and O–H groups in total. The van der Waals surface area contributed by atoms with Crippen LogP contribution in [0.1, 0.15) is 38.2 Å². The number of benzene rings is 1. The van der Waals surface area contributed by atoms with Crippen molar-refractivity contribution >= 4 is 17.7 Å². The molecular weight excluding hydrogens is 320 g/mol. The molecule has 2 unspecified atom stereocenters. The molecule has 1 saturated carbocycles. The van der Waals surface area contributed by atoms with Crippen molar-refractivity contribution in [3.8, 4) is 11.4 Å². The number of carbonyl (C=O) groups is 1. The maximum Gasteiger partial charge on any atom is 0.230 e. The number of aryl methyl sites for hydroxylation is 1. The first kappa shape index (κ1) is 17.0. The van der Waals surface area contributed by atoms with Gasteiger partial charge in [-0.1, -0.05) is 55.3 Å². The summed E-state index contributed by atoms with van der Waals surface area (Å²) in [5.41, 5.74) is 2.19. The lowest BCUT2D eigenvalue weighted by molar-refractivity contribution is -0.119. The number of thioether (sulfide) groups is 1. The average Bonchev–Trinajstić information content (AvgIpc) is 3.04. The molecule has 0 saturated heterocycles. The van der Waals surface area contributed by atoms with Gasteiger partial charge in [-0.2, -0.15) is 0 Å². The summed E-state index contributed by atoms with van der Waals surface area (Å²) in [7, 11) is 0. The van der Waals surface area contributed by atoms with Crippen LogP contribution in [0.3, 0.4) is 0 Å². The lowest BCUT2D eigenvalue weighted by Gasteiger charge is -2.29. The maximum absolute atomic E-state index is 12.2. The minimum Gasteiger partial charge on any atom is -0.352 e. The van der Waals surface area contributed by atoms with Crippen LogP contribution < -0.4 is 5.32 Å². The maximum atomic E-state index is 12.2. The molecule has 6 heteroatoms. The van der Waals surface area contributed by atoms with Gasteiger partial charge >= 0.3 is 0 Å². The van der Waals surface area contributed by atoms with E-state index in [0.29, 0.717) is 22.9 Å². The number of hydrogen-bond donors (Lipinski definition) is 2. The molecule has 5 nitrogen and oxygen atoms in total. The zero-order chi connectivity index (χ0) is 16.9. The van der Waals surface area contributed by atoms with Gasteiger partial charge in [-0.25, -0.2) is 4.98 Å². The normalized spacial score (nSPS) is 20.8. The molecule has 1 aromatic heterocycles. The third-order valence-corrected chi connectivity index (χ3v) is 5.39. The third kappa shape index (κ3) is 4.38. The van der Waals surface area contributed by atoms with Crippen LogP contribution in [-0.2, 0) is 4.79 Å². The van der Waals surface area contributed by atoms with Crippen molar-refractivity contribution in [1.29, 1.82) is 0 Å². The van der Waals surface area contributed by atoms with Gasteiger partial charge < -0.3 is 5.32 Å². The second-order valence-electron chi connectivity index (χ2n) is 6.56. The summed E-state index contributed by atoms with van der Waals surface area (Å²) in [4.78, 5) is 16.6. The molecule has 1 aromatic carbocycles. The summed E-state index contributed by atoms with van der Waals surface area (Å²) in [6.07, 6.45) is 4.79. The van der Waals surface area contributed by atoms with Crippen molar-refractivity contribution < 1.29 is 4.79 Å². The molecule has 1 aliphatic carbocycles. The van der Waals surface area contributed by atoms with Crippen LogP contribution in [0, 0.1) is 12.8 Å². The van der Waals surface area contributed by atoms with Gasteiger partial charge in [-0.3, -0.25) is 9.89 Å². The van der Waals surface area contributed by atoms with E-state index in [2.05, 4.69) is 33.5 Å². The number of nitrogens with zero attached hydrogens (tertiary/aromatic N) is 2. The van der Waals surface area contributed by atoms with Gasteiger partial charge in [0, 0.05) is 11.6 Å². The van der Waals surface area contributed by atoms with Gasteiger partial charge in [-0.15, -0.1) is 5.10 Å². The van der Waals surface area contributed by atoms with Crippen molar-refractivity contribution in [1.82, 2.24) is 20.5 Å². The van der Waals surface area contributed by atoms with Gasteiger partial charge in [0.15, 0.2) is 5.82 Å². The van der Waals surface area contributed by atoms with E-state index in [1.54, 1.807) is 0 Å². The molecule has 1 aliphatic rings. The van der Waals surface area contributed by atoms with Crippen molar-refractivity contribution in [3.05, 3.63) is 29.8 Å². The second kappa shape index (κ2) is 7.83. The number of hydrogen-bond acceptors (Lipinski definition) is 4. The van der Waals surface area contributed by atoms with Crippen LogP contribution >= 0.6 is 11.8 Å². The molecule has 3 rings (SSSR count). The first-order chi connectivity index (χ1) is 11.6. The van der Waals surface area contributed by atoms with Crippen molar-refractivity contribution in [2.24, 2.45) is 5.92 Å². The van der Waals surface area contributed by atoms with Crippen LogP contribution in [0.4, 0.5) is 0 Å². The summed E-state index contributed by atoms with van der Waals surface area (Å²) >= 11 is 1.37. The van der Waals surface area contributed by atoms with Gasteiger partial charge in [0.1, 0.15) is 0 Å². The highest BCUT2D eigenvalue weighted by Gasteiger charge is 2.22. The standard InChI is InChI=1S/C18H24N4OS/c1-12-6-5-8-14(10-12)17-20-18(22-21-17)24-11-16(23)19-15-9-4-3-7-13(15)2/h5-6,8,10,13,15H,3-4,7,9,11H2,1-2H3,(H,19,23)(H,20,21,22). The first-order valence-corrected chi connectivity index (χ1v) is 9.52. The average molecular weight is 344 g/mol. The summed E-state index contributed by atoms with van der Waals surface area (Å²) in [6.45, 7) is 4.27. The van der Waals surface area contributed by atoms with E-state index in [4.69, 9.17) is 0 Å². The highest BCUT2D eigenvalue weighted by molar-refractivity contribution is 7.99. The summed E-state index contributed by atoms with van der Waals surface area (Å²) in [5.74, 6) is 1.74. The topological polar surface area (TPSA) is 70.7 Å². The van der Waals surface area contributed by atoms with E-state index in [1.807, 2.05) is 25.1 Å². The monoisotopic (exact) mass is 344 g/mol. The number of aromatic amines is 1. The number of nitrogens with one attached hydrogen (secondary N) is 2. The second-order valence-corrected chi connectivity index (χ2v) is 7.50. The molecular formula is C18H24N4OS. The molecule has 1 heterocycles. The molecule has 1 amide bonds. The van der Waals surface area contributed by atoms with E-state index in [1.165, 1.54) is 36.6 Å². The number of carbonyl (C=O) groups excluding carboxylic acids is 1. The van der Waals surface area contributed by atoms with Crippen LogP contribution in [0.5, 0.6) is 0 Å². The molecule has 1 fully saturated rings. The van der Waals surface area contributed by atoms with Gasteiger partial charge in [0.2, 0.25) is 11.1 Å². The molecule has 0 spiro atoms. The van der Waals surface area contributed by atoms with Crippen LogP contribution in [-0.4, -0.2) is 32.9 Å². The third-order valence-electron chi connectivity index (χ3n) is 4.55. The largest absolute Gasteiger partial charge is 0.352 e. The minimum atomic E-state index is 0.0701. The van der Waals surface area contributed by atoms with E-state index < -0.39 is 0 Å². The lowest BCUT2D eigenvalue weighted by Crippen LogP contribution is -2.41. The molecule has 0 bridgehead atoms. The predicted molar refractivity (Wildman–Crippen MR) is 96.8 cm³/mol. The molecule has 24 heavy (non-hydrogen) atoms. The van der Waals surface area contributed by atoms with Gasteiger partial charge in [-0.05, 0) is 31.7 Å². The lowest BCUT2D eigenvalue weighted by atomic mass is 9.86. The Kier molecular flexibility index (Phi) is 5.56. The van der Waals surface area contributed by atoms with Crippen LogP contribution in [0.2, 0.25) is 0 Å². The Labute approximate surface area is 147 Å². The Balaban J connectivity index is 1.52. The van der Waals surface area contributed by atoms with Crippen molar-refractivity contribution in [2.75, 3.05) is 5.75 Å². The zero-order valence-corrected chi connectivity index (χ0v) is 15.0. The fourth-order valence-corrected chi connectivity index (χ4v) is 3.75. The van der Waals surface area contributed by atoms with E-state index in [0.717, 1.165) is 17.8 Å². The van der Waals surface area contributed by atoms with Gasteiger partial charge in [0.05, 0.1) is 5.75 Å². The highest BCUT2D eigenvalue weighted by atomic mass is 32.2. The number of aromatic nitrogens is 3. The van der Waals surface area contributed by atoms with Crippen LogP contribution in [0.25, 0.3) is 11.4 Å². The fourth-order valence-electron chi connectivity index (χ4n) is 3.14. The Morgan fingerprint density at radius 3 is 3.00 bits per heavy atom. The molecule has 0 aliphatic heterocycles. The van der Waals surface area contributed by atoms with E-state index >= 15 is 0 Å². The summed E-state index contributed by atoms with van der Waals surface area (Å²) in [6, 6.07) is 8.43. The number of amides is 1. The Morgan fingerprint density at radius 2 is 2.21 bits per heavy atom. The highest BCUT2D eigenvalue weighted by Crippen LogP contribution is 2.24. The van der Waals surface area contributed by atoms with E-state index in [9.17, 15) is 4.79 Å². The van der Waals surface area contributed by atoms with Gasteiger partial charge in [0.25, 0.3) is 0 Å². The smallest absolute Gasteiger partial charge is 0.230 e. The van der Waals surface area contributed by atoms with Crippen molar-refractivity contribution in [2.45, 2.75) is 50.7 Å². The Bertz CT molecular complexity index is 700. The summed E-state index contributed by atoms with van der Waals surface area (Å²) < 4.78 is 0. The van der Waals surface area contributed by atoms with Crippen molar-refractivity contribution in [3.63, 3.8) is 0 Å². The Hall–Kier alpha value is -1.82. The quantitative estimate of drug-likeness (QED) is 0.814. The molecule has 2 atom stereocenters. The number of H-pyrrole nitrogens is 1. The molecule has 128 valence electrons. The summed E-state index contributed by atoms with van der Waals surface area (Å²) in [5, 5.41) is 10.9. The Morgan fingerprint density at radius 1 is 1.38 bits per heavy atom. The predicted octanol–water partition coefficient (Wildman–Crippen LogP) is 3.57. The van der Waals surface area contributed by atoms with Crippen LogP contribution in [0.15, 0.2) is 29.4 Å². The zero-order valence-electron chi connectivity index (χ0n) is 14.2. The number of rotatable bonds is 5. The molecule has 2 aromatic rings. The minimum absolute atomic E-state index is 0.0701. The SMILES string of the molecule is Cc1cccc(-c2nc(SCC(=O)NC3CCCCC3C)n[nH]2)c1. The molecule has 0 radical (unpaired) electrons. The first-order valence-electron chi connectivity index (χ1n) is 8.53. The fraction of sp³-hybridized carbons (Fsp3) is 0.500. The van der Waals surface area contributed by atoms with E-state index in [-0.39, 0.29) is 5.91 Å².